The van der Waals surface area contributed by atoms with E-state index in [4.69, 9.17) is 5.73 Å². The van der Waals surface area contributed by atoms with Gasteiger partial charge in [-0.05, 0) is 11.6 Å². The molecule has 0 amide bonds. The van der Waals surface area contributed by atoms with Gasteiger partial charge in [-0.15, -0.1) is 0 Å². The van der Waals surface area contributed by atoms with Crippen molar-refractivity contribution in [3.8, 4) is 0 Å². The molecule has 3 rings (SSSR count). The number of hydrogen-bond acceptors (Lipinski definition) is 2. The number of fused-ring (bicyclic) bond motifs is 1. The lowest BCUT2D eigenvalue weighted by Crippen LogP contribution is -2.19. The molecule has 0 aliphatic rings. The second kappa shape index (κ2) is 5.24. The minimum Gasteiger partial charge on any atom is -0.330 e. The van der Waals surface area contributed by atoms with Gasteiger partial charge in [-0.25, -0.2) is 0 Å². The maximum atomic E-state index is 5.92. The van der Waals surface area contributed by atoms with Gasteiger partial charge in [-0.2, -0.15) is 5.10 Å². The second-order valence-corrected chi connectivity index (χ2v) is 4.73. The number of aromatic nitrogens is 2. The molecule has 0 saturated heterocycles. The molecule has 0 spiro atoms. The maximum Gasteiger partial charge on any atom is 0.0682 e. The summed E-state index contributed by atoms with van der Waals surface area (Å²) in [5.41, 5.74) is 8.36. The van der Waals surface area contributed by atoms with Gasteiger partial charge in [-0.1, -0.05) is 48.5 Å². The van der Waals surface area contributed by atoms with Crippen LogP contribution >= 0.6 is 0 Å². The van der Waals surface area contributed by atoms with Crippen LogP contribution in [0.25, 0.3) is 10.9 Å². The van der Waals surface area contributed by atoms with Crippen LogP contribution in [-0.2, 0) is 6.54 Å². The lowest BCUT2D eigenvalue weighted by atomic mass is 9.99. The van der Waals surface area contributed by atoms with Crippen molar-refractivity contribution in [2.45, 2.75) is 12.5 Å². The van der Waals surface area contributed by atoms with Crippen molar-refractivity contribution in [3.05, 3.63) is 66.4 Å². The largest absolute Gasteiger partial charge is 0.330 e. The number of rotatable bonds is 4. The highest BCUT2D eigenvalue weighted by Crippen LogP contribution is 2.19. The third kappa shape index (κ3) is 2.37. The van der Waals surface area contributed by atoms with Gasteiger partial charge in [-0.3, -0.25) is 4.68 Å². The predicted molar refractivity (Wildman–Crippen MR) is 78.0 cm³/mol. The first-order chi connectivity index (χ1) is 9.38. The van der Waals surface area contributed by atoms with Crippen LogP contribution in [-0.4, -0.2) is 16.3 Å². The standard InChI is InChI=1S/C16H17N3/c17-10-15(13-6-2-1-3-7-13)12-19-16-9-5-4-8-14(16)11-18-19/h1-9,11,15H,10,12,17H2. The first kappa shape index (κ1) is 11.9. The molecule has 96 valence electrons. The summed E-state index contributed by atoms with van der Waals surface area (Å²) in [5.74, 6) is 0.296. The van der Waals surface area contributed by atoms with Gasteiger partial charge in [0, 0.05) is 24.4 Å². The summed E-state index contributed by atoms with van der Waals surface area (Å²) in [4.78, 5) is 0. The summed E-state index contributed by atoms with van der Waals surface area (Å²) in [6.07, 6.45) is 1.91. The van der Waals surface area contributed by atoms with Crippen LogP contribution in [0.5, 0.6) is 0 Å². The Morgan fingerprint density at radius 3 is 2.53 bits per heavy atom. The molecule has 0 saturated carbocycles. The molecule has 2 N–H and O–H groups in total. The maximum absolute atomic E-state index is 5.92. The molecular formula is C16H17N3. The van der Waals surface area contributed by atoms with E-state index >= 15 is 0 Å². The molecule has 1 aromatic heterocycles. The van der Waals surface area contributed by atoms with E-state index in [0.29, 0.717) is 12.5 Å². The third-order valence-electron chi connectivity index (χ3n) is 3.50. The van der Waals surface area contributed by atoms with Gasteiger partial charge in [0.15, 0.2) is 0 Å². The highest BCUT2D eigenvalue weighted by Gasteiger charge is 2.12. The van der Waals surface area contributed by atoms with Crippen LogP contribution in [0.4, 0.5) is 0 Å². The van der Waals surface area contributed by atoms with Crippen molar-refractivity contribution in [1.82, 2.24) is 9.78 Å². The molecule has 3 nitrogen and oxygen atoms in total. The van der Waals surface area contributed by atoms with Gasteiger partial charge in [0.05, 0.1) is 11.7 Å². The smallest absolute Gasteiger partial charge is 0.0682 e. The fourth-order valence-corrected chi connectivity index (χ4v) is 2.42. The molecule has 3 aromatic rings. The van der Waals surface area contributed by atoms with Crippen molar-refractivity contribution in [1.29, 1.82) is 0 Å². The summed E-state index contributed by atoms with van der Waals surface area (Å²) in [7, 11) is 0. The first-order valence-electron chi connectivity index (χ1n) is 6.54. The van der Waals surface area contributed by atoms with E-state index < -0.39 is 0 Å². The number of nitrogens with two attached hydrogens (primary N) is 1. The Labute approximate surface area is 112 Å². The summed E-state index contributed by atoms with van der Waals surface area (Å²) in [5, 5.41) is 5.64. The molecule has 0 fully saturated rings. The van der Waals surface area contributed by atoms with Crippen molar-refractivity contribution in [2.75, 3.05) is 6.54 Å². The first-order valence-corrected chi connectivity index (χ1v) is 6.54. The van der Waals surface area contributed by atoms with E-state index in [0.717, 1.165) is 12.1 Å². The Bertz CT molecular complexity index is 658. The average Bonchev–Trinajstić information content (AvgIpc) is 2.89. The van der Waals surface area contributed by atoms with Crippen LogP contribution in [0.1, 0.15) is 11.5 Å². The summed E-state index contributed by atoms with van der Waals surface area (Å²) < 4.78 is 2.04. The van der Waals surface area contributed by atoms with Crippen molar-refractivity contribution in [2.24, 2.45) is 5.73 Å². The van der Waals surface area contributed by atoms with Gasteiger partial charge in [0.1, 0.15) is 0 Å². The molecule has 3 heteroatoms. The Morgan fingerprint density at radius 2 is 1.74 bits per heavy atom. The van der Waals surface area contributed by atoms with E-state index in [-0.39, 0.29) is 0 Å². The zero-order valence-corrected chi connectivity index (χ0v) is 10.7. The highest BCUT2D eigenvalue weighted by atomic mass is 15.3. The van der Waals surface area contributed by atoms with E-state index in [2.05, 4.69) is 41.5 Å². The van der Waals surface area contributed by atoms with Crippen molar-refractivity contribution < 1.29 is 0 Å². The van der Waals surface area contributed by atoms with Crippen molar-refractivity contribution in [3.63, 3.8) is 0 Å². The lowest BCUT2D eigenvalue weighted by molar-refractivity contribution is 0.534. The summed E-state index contributed by atoms with van der Waals surface area (Å²) >= 11 is 0. The molecule has 19 heavy (non-hydrogen) atoms. The van der Waals surface area contributed by atoms with Crippen LogP contribution in [0, 0.1) is 0 Å². The average molecular weight is 251 g/mol. The molecule has 1 unspecified atom stereocenters. The Hall–Kier alpha value is -2.13. The molecule has 2 aromatic carbocycles. The fraction of sp³-hybridized carbons (Fsp3) is 0.188. The Morgan fingerprint density at radius 1 is 1.00 bits per heavy atom. The second-order valence-electron chi connectivity index (χ2n) is 4.73. The van der Waals surface area contributed by atoms with Gasteiger partial charge in [0.25, 0.3) is 0 Å². The number of para-hydroxylation sites is 1. The molecule has 0 aliphatic heterocycles. The molecular weight excluding hydrogens is 234 g/mol. The topological polar surface area (TPSA) is 43.8 Å². The van der Waals surface area contributed by atoms with Crippen molar-refractivity contribution >= 4 is 10.9 Å². The molecule has 0 radical (unpaired) electrons. The SMILES string of the molecule is NCC(Cn1ncc2ccccc21)c1ccccc1. The van der Waals surface area contributed by atoms with Gasteiger partial charge < -0.3 is 5.73 Å². The quantitative estimate of drug-likeness (QED) is 0.775. The van der Waals surface area contributed by atoms with Gasteiger partial charge in [0.2, 0.25) is 0 Å². The molecule has 1 atom stereocenters. The zero-order chi connectivity index (χ0) is 13.1. The lowest BCUT2D eigenvalue weighted by Gasteiger charge is -2.15. The van der Waals surface area contributed by atoms with E-state index in [1.807, 2.05) is 29.1 Å². The molecule has 1 heterocycles. The Kier molecular flexibility index (Phi) is 3.29. The predicted octanol–water partition coefficient (Wildman–Crippen LogP) is 2.78. The van der Waals surface area contributed by atoms with Crippen LogP contribution in [0.2, 0.25) is 0 Å². The van der Waals surface area contributed by atoms with E-state index in [1.165, 1.54) is 10.9 Å². The number of hydrogen-bond donors (Lipinski definition) is 1. The fourth-order valence-electron chi connectivity index (χ4n) is 2.42. The summed E-state index contributed by atoms with van der Waals surface area (Å²) in [6.45, 7) is 1.44. The molecule has 0 aliphatic carbocycles. The van der Waals surface area contributed by atoms with E-state index in [1.54, 1.807) is 0 Å². The minimum atomic E-state index is 0.296. The van der Waals surface area contributed by atoms with Crippen LogP contribution in [0.3, 0.4) is 0 Å². The highest BCUT2D eigenvalue weighted by molar-refractivity contribution is 5.78. The summed E-state index contributed by atoms with van der Waals surface area (Å²) in [6, 6.07) is 18.7. The number of nitrogens with zero attached hydrogens (tertiary/aromatic N) is 2. The zero-order valence-electron chi connectivity index (χ0n) is 10.7. The van der Waals surface area contributed by atoms with E-state index in [9.17, 15) is 0 Å². The number of benzene rings is 2. The Balaban J connectivity index is 1.91. The van der Waals surface area contributed by atoms with Crippen LogP contribution < -0.4 is 5.73 Å². The van der Waals surface area contributed by atoms with Crippen LogP contribution in [0.15, 0.2) is 60.8 Å². The minimum absolute atomic E-state index is 0.296. The monoisotopic (exact) mass is 251 g/mol. The van der Waals surface area contributed by atoms with Gasteiger partial charge >= 0.3 is 0 Å². The molecule has 0 bridgehead atoms. The normalized spacial score (nSPS) is 12.7. The third-order valence-corrected chi connectivity index (χ3v) is 3.50.